The van der Waals surface area contributed by atoms with Gasteiger partial charge in [0.25, 0.3) is 0 Å². The number of carbonyl (C=O) groups excluding carboxylic acids is 1. The molecule has 0 aromatic carbocycles. The highest BCUT2D eigenvalue weighted by Gasteiger charge is 2.38. The minimum Gasteiger partial charge on any atom is -0.306 e. The van der Waals surface area contributed by atoms with Gasteiger partial charge < -0.3 is 10.6 Å². The Bertz CT molecular complexity index is 1240. The number of hydrogen-bond acceptors (Lipinski definition) is 6. The number of nitrogens with one attached hydrogen (secondary N) is 2. The first-order valence-corrected chi connectivity index (χ1v) is 8.69. The standard InChI is InChI=1S/C15H8Cl2F3N9O/c16-8-3-7(4-21-12(8)29-22-1-2-23-29)25-14(30)26-9-5-24-28-6-10(17)27-13(28)11(9)15(18,19)20/h1-6H,(H2,25,26,30). The molecule has 4 rings (SSSR count). The van der Waals surface area contributed by atoms with E-state index in [0.717, 1.165) is 16.9 Å². The van der Waals surface area contributed by atoms with E-state index in [1.54, 1.807) is 0 Å². The summed E-state index contributed by atoms with van der Waals surface area (Å²) in [7, 11) is 0. The molecule has 2 N–H and O–H groups in total. The zero-order valence-corrected chi connectivity index (χ0v) is 15.9. The van der Waals surface area contributed by atoms with Crippen LogP contribution in [0.1, 0.15) is 5.56 Å². The van der Waals surface area contributed by atoms with Crippen LogP contribution in [0.4, 0.5) is 29.3 Å². The minimum absolute atomic E-state index is 0.107. The van der Waals surface area contributed by atoms with Crippen LogP contribution in [-0.4, -0.2) is 40.6 Å². The molecule has 0 saturated carbocycles. The molecule has 154 valence electrons. The fourth-order valence-electron chi connectivity index (χ4n) is 2.54. The Morgan fingerprint density at radius 2 is 1.80 bits per heavy atom. The van der Waals surface area contributed by atoms with Gasteiger partial charge in [0.1, 0.15) is 10.7 Å². The molecule has 2 amide bonds. The molecule has 0 radical (unpaired) electrons. The predicted molar refractivity (Wildman–Crippen MR) is 99.8 cm³/mol. The molecule has 0 atom stereocenters. The minimum atomic E-state index is -4.83. The number of halogens is 5. The van der Waals surface area contributed by atoms with Crippen molar-refractivity contribution >= 4 is 46.3 Å². The Morgan fingerprint density at radius 1 is 1.07 bits per heavy atom. The zero-order valence-electron chi connectivity index (χ0n) is 14.4. The van der Waals surface area contributed by atoms with E-state index in [1.165, 1.54) is 29.5 Å². The lowest BCUT2D eigenvalue weighted by Crippen LogP contribution is -2.23. The largest absolute Gasteiger partial charge is 0.422 e. The highest BCUT2D eigenvalue weighted by molar-refractivity contribution is 6.32. The van der Waals surface area contributed by atoms with E-state index in [1.807, 2.05) is 0 Å². The fourth-order valence-corrected chi connectivity index (χ4v) is 2.95. The van der Waals surface area contributed by atoms with Crippen molar-refractivity contribution in [3.05, 3.63) is 52.8 Å². The van der Waals surface area contributed by atoms with Gasteiger partial charge in [-0.1, -0.05) is 23.2 Å². The number of nitrogens with zero attached hydrogens (tertiary/aromatic N) is 7. The van der Waals surface area contributed by atoms with E-state index < -0.39 is 29.1 Å². The smallest absolute Gasteiger partial charge is 0.306 e. The molecule has 0 spiro atoms. The number of urea groups is 1. The van der Waals surface area contributed by atoms with Gasteiger partial charge in [-0.2, -0.15) is 28.5 Å². The van der Waals surface area contributed by atoms with Gasteiger partial charge in [0.2, 0.25) is 0 Å². The van der Waals surface area contributed by atoms with Crippen molar-refractivity contribution in [2.24, 2.45) is 0 Å². The lowest BCUT2D eigenvalue weighted by atomic mass is 10.2. The van der Waals surface area contributed by atoms with Crippen molar-refractivity contribution in [3.63, 3.8) is 0 Å². The molecule has 15 heteroatoms. The summed E-state index contributed by atoms with van der Waals surface area (Å²) in [5, 5.41) is 15.9. The molecule has 0 aliphatic rings. The highest BCUT2D eigenvalue weighted by atomic mass is 35.5. The number of anilines is 2. The number of fused-ring (bicyclic) bond motifs is 1. The summed E-state index contributed by atoms with van der Waals surface area (Å²) in [6, 6.07) is 0.361. The lowest BCUT2D eigenvalue weighted by Gasteiger charge is -2.14. The van der Waals surface area contributed by atoms with Gasteiger partial charge in [-0.25, -0.2) is 19.3 Å². The first-order chi connectivity index (χ1) is 14.2. The van der Waals surface area contributed by atoms with Crippen LogP contribution in [0.5, 0.6) is 0 Å². The summed E-state index contributed by atoms with van der Waals surface area (Å²) in [6.45, 7) is 0. The summed E-state index contributed by atoms with van der Waals surface area (Å²) in [4.78, 5) is 21.1. The molecule has 0 fully saturated rings. The third-order valence-electron chi connectivity index (χ3n) is 3.68. The van der Waals surface area contributed by atoms with Gasteiger partial charge in [-0.3, -0.25) is 0 Å². The van der Waals surface area contributed by atoms with E-state index in [-0.39, 0.29) is 21.7 Å². The Hall–Kier alpha value is -3.45. The summed E-state index contributed by atoms with van der Waals surface area (Å²) < 4.78 is 41.5. The second kappa shape index (κ2) is 7.42. The second-order valence-corrected chi connectivity index (χ2v) is 6.48. The molecule has 4 aromatic heterocycles. The number of hydrogen-bond donors (Lipinski definition) is 2. The Labute approximate surface area is 174 Å². The van der Waals surface area contributed by atoms with Crippen LogP contribution >= 0.6 is 23.2 Å². The molecular weight excluding hydrogens is 450 g/mol. The van der Waals surface area contributed by atoms with Crippen molar-refractivity contribution in [3.8, 4) is 5.82 Å². The van der Waals surface area contributed by atoms with Crippen LogP contribution in [0.25, 0.3) is 11.5 Å². The van der Waals surface area contributed by atoms with E-state index >= 15 is 0 Å². The van der Waals surface area contributed by atoms with Crippen molar-refractivity contribution in [2.75, 3.05) is 10.6 Å². The number of aromatic nitrogens is 7. The van der Waals surface area contributed by atoms with E-state index in [4.69, 9.17) is 23.2 Å². The maximum absolute atomic E-state index is 13.6. The average molecular weight is 458 g/mol. The van der Waals surface area contributed by atoms with Crippen molar-refractivity contribution in [1.82, 2.24) is 34.6 Å². The topological polar surface area (TPSA) is 115 Å². The molecular formula is C15H8Cl2F3N9O. The number of amides is 2. The van der Waals surface area contributed by atoms with Crippen LogP contribution < -0.4 is 10.6 Å². The molecule has 0 aliphatic heterocycles. The molecule has 10 nitrogen and oxygen atoms in total. The maximum Gasteiger partial charge on any atom is 0.422 e. The van der Waals surface area contributed by atoms with Crippen molar-refractivity contribution in [2.45, 2.75) is 6.18 Å². The summed E-state index contributed by atoms with van der Waals surface area (Å²) >= 11 is 11.8. The van der Waals surface area contributed by atoms with Crippen LogP contribution in [0, 0.1) is 0 Å². The van der Waals surface area contributed by atoms with Crippen LogP contribution in [0.15, 0.2) is 37.1 Å². The number of pyridine rings is 1. The van der Waals surface area contributed by atoms with E-state index in [2.05, 4.69) is 35.9 Å². The number of carbonyl (C=O) groups is 1. The number of imidazole rings is 1. The third-order valence-corrected chi connectivity index (χ3v) is 4.14. The lowest BCUT2D eigenvalue weighted by molar-refractivity contribution is -0.136. The number of rotatable bonds is 3. The van der Waals surface area contributed by atoms with Gasteiger partial charge >= 0.3 is 12.2 Å². The van der Waals surface area contributed by atoms with Gasteiger partial charge in [0.15, 0.2) is 11.5 Å². The van der Waals surface area contributed by atoms with Crippen LogP contribution in [0.3, 0.4) is 0 Å². The van der Waals surface area contributed by atoms with Crippen LogP contribution in [-0.2, 0) is 6.18 Å². The average Bonchev–Trinajstić information content (AvgIpc) is 3.29. The summed E-state index contributed by atoms with van der Waals surface area (Å²) in [5.41, 5.74) is -2.23. The third kappa shape index (κ3) is 3.84. The SMILES string of the molecule is O=C(Nc1cnc(-n2nccn2)c(Cl)c1)Nc1cnn2cc(Cl)nc2c1C(F)(F)F. The van der Waals surface area contributed by atoms with Crippen molar-refractivity contribution < 1.29 is 18.0 Å². The molecule has 0 unspecified atom stereocenters. The van der Waals surface area contributed by atoms with Crippen molar-refractivity contribution in [1.29, 1.82) is 0 Å². The Kier molecular flexibility index (Phi) is 4.91. The van der Waals surface area contributed by atoms with E-state index in [0.29, 0.717) is 0 Å². The molecule has 0 saturated heterocycles. The zero-order chi connectivity index (χ0) is 21.5. The first-order valence-electron chi connectivity index (χ1n) is 7.93. The van der Waals surface area contributed by atoms with Gasteiger partial charge in [0.05, 0.1) is 47.4 Å². The predicted octanol–water partition coefficient (Wildman–Crippen LogP) is 3.67. The van der Waals surface area contributed by atoms with Gasteiger partial charge in [-0.05, 0) is 6.07 Å². The normalized spacial score (nSPS) is 11.6. The van der Waals surface area contributed by atoms with E-state index in [9.17, 15) is 18.0 Å². The molecule has 4 heterocycles. The number of alkyl halides is 3. The first kappa shape index (κ1) is 19.8. The molecule has 0 bridgehead atoms. The monoisotopic (exact) mass is 457 g/mol. The quantitative estimate of drug-likeness (QED) is 0.484. The fraction of sp³-hybridized carbons (Fsp3) is 0.0667. The van der Waals surface area contributed by atoms with Gasteiger partial charge in [0, 0.05) is 0 Å². The van der Waals surface area contributed by atoms with Crippen LogP contribution in [0.2, 0.25) is 10.2 Å². The summed E-state index contributed by atoms with van der Waals surface area (Å²) in [6.07, 6.45) is 1.21. The Morgan fingerprint density at radius 3 is 2.47 bits per heavy atom. The molecule has 4 aromatic rings. The molecule has 0 aliphatic carbocycles. The Balaban J connectivity index is 1.59. The highest BCUT2D eigenvalue weighted by Crippen LogP contribution is 2.37. The summed E-state index contributed by atoms with van der Waals surface area (Å²) in [5.74, 6) is 0.206. The second-order valence-electron chi connectivity index (χ2n) is 5.69. The van der Waals surface area contributed by atoms with Gasteiger partial charge in [-0.15, -0.1) is 4.80 Å². The molecule has 30 heavy (non-hydrogen) atoms. The maximum atomic E-state index is 13.6.